The number of allylic oxidation sites excluding steroid dienone is 1. The maximum Gasteiger partial charge on any atom is 0.301 e. The van der Waals surface area contributed by atoms with E-state index in [1.54, 1.807) is 0 Å². The first kappa shape index (κ1) is 12.1. The first-order valence-electron chi connectivity index (χ1n) is 4.28. The molecule has 0 aliphatic rings. The Labute approximate surface area is 88.8 Å². The molecule has 0 unspecified atom stereocenters. The van der Waals surface area contributed by atoms with Crippen molar-refractivity contribution < 1.29 is 17.6 Å². The summed E-state index contributed by atoms with van der Waals surface area (Å²) in [5.41, 5.74) is 0. The van der Waals surface area contributed by atoms with E-state index in [-0.39, 0.29) is 17.4 Å². The second-order valence-corrected chi connectivity index (χ2v) is 3.63. The quantitative estimate of drug-likeness (QED) is 0.738. The molecule has 0 aliphatic heterocycles. The van der Waals surface area contributed by atoms with Crippen LogP contribution in [0.5, 0.6) is 0 Å². The number of aryl methyl sites for hydroxylation is 1. The third-order valence-electron chi connectivity index (χ3n) is 1.50. The SMILES string of the molecule is CCc1nnc(SCCC(F)=C(F)F)o1. The molecular weight excluding hydrogens is 229 g/mol. The monoisotopic (exact) mass is 238 g/mol. The van der Waals surface area contributed by atoms with E-state index >= 15 is 0 Å². The van der Waals surface area contributed by atoms with Crippen molar-refractivity contribution >= 4 is 11.8 Å². The molecule has 1 rings (SSSR count). The minimum absolute atomic E-state index is 0.147. The molecule has 7 heteroatoms. The van der Waals surface area contributed by atoms with E-state index in [4.69, 9.17) is 4.42 Å². The molecule has 3 nitrogen and oxygen atoms in total. The molecule has 1 aromatic rings. The fraction of sp³-hybridized carbons (Fsp3) is 0.500. The predicted molar refractivity (Wildman–Crippen MR) is 49.4 cm³/mol. The lowest BCUT2D eigenvalue weighted by molar-refractivity contribution is 0.373. The Kier molecular flexibility index (Phi) is 4.67. The molecule has 0 radical (unpaired) electrons. The van der Waals surface area contributed by atoms with Gasteiger partial charge in [0.2, 0.25) is 5.89 Å². The average molecular weight is 238 g/mol. The van der Waals surface area contributed by atoms with E-state index in [2.05, 4.69) is 10.2 Å². The summed E-state index contributed by atoms with van der Waals surface area (Å²) in [6.45, 7) is 1.85. The highest BCUT2D eigenvalue weighted by Gasteiger charge is 2.08. The fourth-order valence-electron chi connectivity index (χ4n) is 0.762. The number of halogens is 3. The van der Waals surface area contributed by atoms with Crippen molar-refractivity contribution in [2.45, 2.75) is 25.0 Å². The Balaban J connectivity index is 2.35. The third-order valence-corrected chi connectivity index (χ3v) is 2.32. The molecule has 1 aromatic heterocycles. The summed E-state index contributed by atoms with van der Waals surface area (Å²) < 4.78 is 40.8. The number of hydrogen-bond acceptors (Lipinski definition) is 4. The van der Waals surface area contributed by atoms with Gasteiger partial charge in [-0.05, 0) is 0 Å². The lowest BCUT2D eigenvalue weighted by atomic mass is 10.4. The van der Waals surface area contributed by atoms with Gasteiger partial charge in [0.25, 0.3) is 5.22 Å². The van der Waals surface area contributed by atoms with Gasteiger partial charge in [-0.1, -0.05) is 18.7 Å². The van der Waals surface area contributed by atoms with Crippen LogP contribution in [0.15, 0.2) is 21.5 Å². The van der Waals surface area contributed by atoms with E-state index in [0.29, 0.717) is 12.3 Å². The number of hydrogen-bond donors (Lipinski definition) is 0. The summed E-state index contributed by atoms with van der Waals surface area (Å²) in [5, 5.41) is 7.60. The van der Waals surface area contributed by atoms with Gasteiger partial charge in [0.05, 0.1) is 0 Å². The maximum atomic E-state index is 12.3. The van der Waals surface area contributed by atoms with E-state index in [1.807, 2.05) is 6.92 Å². The van der Waals surface area contributed by atoms with Crippen molar-refractivity contribution in [3.63, 3.8) is 0 Å². The Bertz CT molecular complexity index is 349. The van der Waals surface area contributed by atoms with E-state index < -0.39 is 11.9 Å². The molecule has 0 fully saturated rings. The van der Waals surface area contributed by atoms with Crippen LogP contribution in [0.2, 0.25) is 0 Å². The Hall–Kier alpha value is -0.980. The zero-order valence-corrected chi connectivity index (χ0v) is 8.78. The molecule has 0 N–H and O–H groups in total. The molecule has 0 atom stereocenters. The molecule has 84 valence electrons. The summed E-state index contributed by atoms with van der Waals surface area (Å²) in [7, 11) is 0. The summed E-state index contributed by atoms with van der Waals surface area (Å²) >= 11 is 1.05. The second kappa shape index (κ2) is 5.79. The zero-order chi connectivity index (χ0) is 11.3. The van der Waals surface area contributed by atoms with Gasteiger partial charge in [-0.25, -0.2) is 4.39 Å². The van der Waals surface area contributed by atoms with Crippen LogP contribution in [0.4, 0.5) is 13.2 Å². The molecule has 0 spiro atoms. The Morgan fingerprint density at radius 3 is 2.60 bits per heavy atom. The first-order chi connectivity index (χ1) is 7.13. The topological polar surface area (TPSA) is 38.9 Å². The largest absolute Gasteiger partial charge is 0.416 e. The van der Waals surface area contributed by atoms with Crippen LogP contribution in [0.3, 0.4) is 0 Å². The van der Waals surface area contributed by atoms with Gasteiger partial charge in [-0.2, -0.15) is 8.78 Å². The number of nitrogens with zero attached hydrogens (tertiary/aromatic N) is 2. The predicted octanol–water partition coefficient (Wildman–Crippen LogP) is 3.19. The maximum absolute atomic E-state index is 12.3. The normalized spacial score (nSPS) is 10.4. The van der Waals surface area contributed by atoms with Crippen molar-refractivity contribution in [3.8, 4) is 0 Å². The van der Waals surface area contributed by atoms with Gasteiger partial charge in [0, 0.05) is 18.6 Å². The van der Waals surface area contributed by atoms with Crippen molar-refractivity contribution in [2.24, 2.45) is 0 Å². The second-order valence-electron chi connectivity index (χ2n) is 2.58. The van der Waals surface area contributed by atoms with E-state index in [1.165, 1.54) is 0 Å². The van der Waals surface area contributed by atoms with Crippen LogP contribution in [-0.2, 0) is 6.42 Å². The number of rotatable bonds is 5. The van der Waals surface area contributed by atoms with Crippen molar-refractivity contribution in [1.82, 2.24) is 10.2 Å². The zero-order valence-electron chi connectivity index (χ0n) is 7.97. The minimum atomic E-state index is -2.27. The summed E-state index contributed by atoms with van der Waals surface area (Å²) in [6, 6.07) is 0. The lowest BCUT2D eigenvalue weighted by Gasteiger charge is -1.93. The standard InChI is InChI=1S/C8H9F3N2OS/c1-2-6-12-13-8(14-6)15-4-3-5(9)7(10)11/h2-4H2,1H3. The average Bonchev–Trinajstić information content (AvgIpc) is 2.65. The lowest BCUT2D eigenvalue weighted by Crippen LogP contribution is -1.82. The van der Waals surface area contributed by atoms with Crippen LogP contribution < -0.4 is 0 Å². The Morgan fingerprint density at radius 2 is 2.07 bits per heavy atom. The minimum Gasteiger partial charge on any atom is -0.416 e. The highest BCUT2D eigenvalue weighted by atomic mass is 32.2. The van der Waals surface area contributed by atoms with E-state index in [0.717, 1.165) is 11.8 Å². The van der Waals surface area contributed by atoms with Crippen molar-refractivity contribution in [1.29, 1.82) is 0 Å². The van der Waals surface area contributed by atoms with Crippen LogP contribution in [-0.4, -0.2) is 16.0 Å². The molecule has 0 amide bonds. The van der Waals surface area contributed by atoms with Crippen molar-refractivity contribution in [3.05, 3.63) is 17.8 Å². The van der Waals surface area contributed by atoms with E-state index in [9.17, 15) is 13.2 Å². The van der Waals surface area contributed by atoms with Crippen LogP contribution in [0.1, 0.15) is 19.2 Å². The molecule has 1 heterocycles. The van der Waals surface area contributed by atoms with Gasteiger partial charge in [-0.15, -0.1) is 10.2 Å². The molecule has 0 aliphatic carbocycles. The summed E-state index contributed by atoms with van der Waals surface area (Å²) in [4.78, 5) is 0. The molecule has 0 aromatic carbocycles. The highest BCUT2D eigenvalue weighted by Crippen LogP contribution is 2.21. The van der Waals surface area contributed by atoms with Gasteiger partial charge in [-0.3, -0.25) is 0 Å². The third kappa shape index (κ3) is 3.94. The van der Waals surface area contributed by atoms with Crippen molar-refractivity contribution in [2.75, 3.05) is 5.75 Å². The van der Waals surface area contributed by atoms with Crippen LogP contribution in [0.25, 0.3) is 0 Å². The molecular formula is C8H9F3N2OS. The molecule has 0 saturated heterocycles. The molecule has 15 heavy (non-hydrogen) atoms. The van der Waals surface area contributed by atoms with Gasteiger partial charge in [0.15, 0.2) is 5.83 Å². The number of aromatic nitrogens is 2. The smallest absolute Gasteiger partial charge is 0.301 e. The first-order valence-corrected chi connectivity index (χ1v) is 5.27. The summed E-state index contributed by atoms with van der Waals surface area (Å²) in [5.74, 6) is -0.767. The summed E-state index contributed by atoms with van der Waals surface area (Å²) in [6.07, 6.45) is -1.99. The van der Waals surface area contributed by atoms with Crippen LogP contribution in [0, 0.1) is 0 Å². The highest BCUT2D eigenvalue weighted by molar-refractivity contribution is 7.99. The Morgan fingerprint density at radius 1 is 1.33 bits per heavy atom. The van der Waals surface area contributed by atoms with Gasteiger partial charge < -0.3 is 4.42 Å². The van der Waals surface area contributed by atoms with Crippen LogP contribution >= 0.6 is 11.8 Å². The molecule has 0 bridgehead atoms. The number of thioether (sulfide) groups is 1. The van der Waals surface area contributed by atoms with Gasteiger partial charge in [0.1, 0.15) is 0 Å². The fourth-order valence-corrected chi connectivity index (χ4v) is 1.47. The molecule has 0 saturated carbocycles. The van der Waals surface area contributed by atoms with Gasteiger partial charge >= 0.3 is 6.08 Å².